The molecule has 0 spiro atoms. The van der Waals surface area contributed by atoms with Crippen molar-refractivity contribution >= 4 is 5.97 Å². The van der Waals surface area contributed by atoms with Crippen LogP contribution in [0.3, 0.4) is 0 Å². The molecule has 1 N–H and O–H groups in total. The van der Waals surface area contributed by atoms with Crippen LogP contribution in [0.15, 0.2) is 30.3 Å². The Labute approximate surface area is 114 Å². The van der Waals surface area contributed by atoms with Crippen LogP contribution in [0.4, 0.5) is 0 Å². The Morgan fingerprint density at radius 1 is 1.26 bits per heavy atom. The average molecular weight is 262 g/mol. The summed E-state index contributed by atoms with van der Waals surface area (Å²) in [4.78, 5) is 15.7. The molecule has 0 saturated carbocycles. The van der Waals surface area contributed by atoms with Gasteiger partial charge in [-0.05, 0) is 19.5 Å². The van der Waals surface area contributed by atoms with E-state index in [2.05, 4.69) is 28.9 Å². The number of nitrogens with zero attached hydrogens (tertiary/aromatic N) is 2. The fourth-order valence-corrected chi connectivity index (χ4v) is 2.73. The van der Waals surface area contributed by atoms with Crippen LogP contribution < -0.4 is 0 Å². The third-order valence-corrected chi connectivity index (χ3v) is 3.76. The molecule has 1 aliphatic heterocycles. The Hall–Kier alpha value is -1.39. The van der Waals surface area contributed by atoms with Crippen molar-refractivity contribution in [2.24, 2.45) is 5.92 Å². The Balaban J connectivity index is 2.10. The largest absolute Gasteiger partial charge is 0.481 e. The zero-order chi connectivity index (χ0) is 13.8. The Kier molecular flexibility index (Phi) is 4.56. The van der Waals surface area contributed by atoms with E-state index in [1.807, 2.05) is 25.2 Å². The summed E-state index contributed by atoms with van der Waals surface area (Å²) in [7, 11) is 2.00. The van der Waals surface area contributed by atoms with Gasteiger partial charge in [0.05, 0.1) is 5.92 Å². The van der Waals surface area contributed by atoms with Crippen molar-refractivity contribution in [3.05, 3.63) is 35.9 Å². The number of rotatable bonds is 3. The first-order valence-corrected chi connectivity index (χ1v) is 6.75. The van der Waals surface area contributed by atoms with Crippen molar-refractivity contribution in [2.45, 2.75) is 19.5 Å². The summed E-state index contributed by atoms with van der Waals surface area (Å²) in [5, 5.41) is 9.30. The molecule has 2 rings (SSSR count). The van der Waals surface area contributed by atoms with Gasteiger partial charge in [-0.15, -0.1) is 0 Å². The van der Waals surface area contributed by atoms with Gasteiger partial charge in [0.2, 0.25) is 0 Å². The molecule has 0 radical (unpaired) electrons. The molecule has 0 aromatic heterocycles. The Morgan fingerprint density at radius 2 is 1.95 bits per heavy atom. The second-order valence-corrected chi connectivity index (χ2v) is 5.52. The third kappa shape index (κ3) is 3.78. The summed E-state index contributed by atoms with van der Waals surface area (Å²) in [6.45, 7) is 5.15. The molecule has 1 saturated heterocycles. The lowest BCUT2D eigenvalue weighted by Crippen LogP contribution is -2.38. The van der Waals surface area contributed by atoms with E-state index in [0.717, 1.165) is 13.1 Å². The van der Waals surface area contributed by atoms with Crippen LogP contribution in [0.2, 0.25) is 0 Å². The molecule has 1 aliphatic rings. The van der Waals surface area contributed by atoms with E-state index in [4.69, 9.17) is 0 Å². The topological polar surface area (TPSA) is 43.8 Å². The standard InChI is InChI=1S/C15H22N2O2/c1-12-8-16(2)10-14(15(18)19)11-17(12)9-13-6-4-3-5-7-13/h3-7,12,14H,8-11H2,1-2H3,(H,18,19). The second kappa shape index (κ2) is 6.17. The molecule has 1 fully saturated rings. The van der Waals surface area contributed by atoms with Crippen LogP contribution >= 0.6 is 0 Å². The van der Waals surface area contributed by atoms with Crippen molar-refractivity contribution in [2.75, 3.05) is 26.7 Å². The van der Waals surface area contributed by atoms with Crippen molar-refractivity contribution in [3.63, 3.8) is 0 Å². The molecule has 4 heteroatoms. The van der Waals surface area contributed by atoms with Crippen LogP contribution in [-0.4, -0.2) is 53.6 Å². The molecule has 0 amide bonds. The highest BCUT2D eigenvalue weighted by atomic mass is 16.4. The Morgan fingerprint density at radius 3 is 2.58 bits per heavy atom. The highest BCUT2D eigenvalue weighted by Crippen LogP contribution is 2.16. The molecule has 2 atom stereocenters. The lowest BCUT2D eigenvalue weighted by atomic mass is 10.1. The van der Waals surface area contributed by atoms with Gasteiger partial charge in [-0.2, -0.15) is 0 Å². The molecular formula is C15H22N2O2. The van der Waals surface area contributed by atoms with Crippen LogP contribution in [0, 0.1) is 5.92 Å². The fourth-order valence-electron chi connectivity index (χ4n) is 2.73. The molecule has 0 bridgehead atoms. The number of likely N-dealkylation sites (N-methyl/N-ethyl adjacent to an activating group) is 1. The number of carboxylic acids is 1. The maximum atomic E-state index is 11.3. The van der Waals surface area contributed by atoms with Gasteiger partial charge < -0.3 is 10.0 Å². The second-order valence-electron chi connectivity index (χ2n) is 5.52. The molecule has 4 nitrogen and oxygen atoms in total. The molecular weight excluding hydrogens is 240 g/mol. The Bertz CT molecular complexity index is 421. The third-order valence-electron chi connectivity index (χ3n) is 3.76. The normalized spacial score (nSPS) is 26.0. The van der Waals surface area contributed by atoms with E-state index in [9.17, 15) is 9.90 Å². The van der Waals surface area contributed by atoms with Crippen molar-refractivity contribution < 1.29 is 9.90 Å². The lowest BCUT2D eigenvalue weighted by molar-refractivity contribution is -0.142. The minimum atomic E-state index is -0.695. The SMILES string of the molecule is CC1CN(C)CC(C(=O)O)CN1Cc1ccccc1. The van der Waals surface area contributed by atoms with Gasteiger partial charge in [0, 0.05) is 32.2 Å². The maximum Gasteiger partial charge on any atom is 0.309 e. The van der Waals surface area contributed by atoms with Crippen LogP contribution in [0.5, 0.6) is 0 Å². The minimum absolute atomic E-state index is 0.307. The van der Waals surface area contributed by atoms with E-state index < -0.39 is 5.97 Å². The smallest absolute Gasteiger partial charge is 0.309 e. The summed E-state index contributed by atoms with van der Waals surface area (Å²) in [5.74, 6) is -1.00. The monoisotopic (exact) mass is 262 g/mol. The van der Waals surface area contributed by atoms with Gasteiger partial charge >= 0.3 is 5.97 Å². The first-order chi connectivity index (χ1) is 9.06. The van der Waals surface area contributed by atoms with E-state index in [0.29, 0.717) is 19.1 Å². The van der Waals surface area contributed by atoms with Crippen LogP contribution in [0.1, 0.15) is 12.5 Å². The number of carboxylic acid groups (broad SMARTS) is 1. The predicted molar refractivity (Wildman–Crippen MR) is 74.9 cm³/mol. The minimum Gasteiger partial charge on any atom is -0.481 e. The van der Waals surface area contributed by atoms with Crippen molar-refractivity contribution in [1.82, 2.24) is 9.80 Å². The summed E-state index contributed by atoms with van der Waals surface area (Å²) in [6, 6.07) is 10.6. The average Bonchev–Trinajstić information content (AvgIpc) is 2.50. The first-order valence-electron chi connectivity index (χ1n) is 6.75. The lowest BCUT2D eigenvalue weighted by Gasteiger charge is -2.28. The number of aliphatic carboxylic acids is 1. The molecule has 19 heavy (non-hydrogen) atoms. The number of benzene rings is 1. The zero-order valence-corrected chi connectivity index (χ0v) is 11.6. The van der Waals surface area contributed by atoms with Gasteiger partial charge in [0.15, 0.2) is 0 Å². The van der Waals surface area contributed by atoms with Crippen molar-refractivity contribution in [1.29, 1.82) is 0 Å². The van der Waals surface area contributed by atoms with Crippen LogP contribution in [0.25, 0.3) is 0 Å². The van der Waals surface area contributed by atoms with Gasteiger partial charge in [-0.3, -0.25) is 9.69 Å². The highest BCUT2D eigenvalue weighted by molar-refractivity contribution is 5.70. The zero-order valence-electron chi connectivity index (χ0n) is 11.6. The molecule has 1 aromatic rings. The molecule has 1 heterocycles. The number of hydrogen-bond donors (Lipinski definition) is 1. The van der Waals surface area contributed by atoms with E-state index >= 15 is 0 Å². The summed E-state index contributed by atoms with van der Waals surface area (Å²) >= 11 is 0. The molecule has 104 valence electrons. The maximum absolute atomic E-state index is 11.3. The van der Waals surface area contributed by atoms with Crippen molar-refractivity contribution in [3.8, 4) is 0 Å². The summed E-state index contributed by atoms with van der Waals surface area (Å²) in [6.07, 6.45) is 0. The summed E-state index contributed by atoms with van der Waals surface area (Å²) in [5.41, 5.74) is 1.24. The van der Waals surface area contributed by atoms with Gasteiger partial charge in [0.25, 0.3) is 0 Å². The molecule has 0 aliphatic carbocycles. The van der Waals surface area contributed by atoms with Crippen LogP contribution in [-0.2, 0) is 11.3 Å². The quantitative estimate of drug-likeness (QED) is 0.897. The number of carbonyl (C=O) groups is 1. The number of hydrogen-bond acceptors (Lipinski definition) is 3. The van der Waals surface area contributed by atoms with E-state index in [1.54, 1.807) is 0 Å². The van der Waals surface area contributed by atoms with Gasteiger partial charge in [-0.25, -0.2) is 0 Å². The van der Waals surface area contributed by atoms with E-state index in [-0.39, 0.29) is 5.92 Å². The highest BCUT2D eigenvalue weighted by Gasteiger charge is 2.29. The first kappa shape index (κ1) is 14.0. The van der Waals surface area contributed by atoms with E-state index in [1.165, 1.54) is 5.56 Å². The summed E-state index contributed by atoms with van der Waals surface area (Å²) < 4.78 is 0. The molecule has 1 aromatic carbocycles. The van der Waals surface area contributed by atoms with Gasteiger partial charge in [-0.1, -0.05) is 30.3 Å². The predicted octanol–water partition coefficient (Wildman–Crippen LogP) is 1.52. The van der Waals surface area contributed by atoms with Gasteiger partial charge in [0.1, 0.15) is 0 Å². The fraction of sp³-hybridized carbons (Fsp3) is 0.533. The molecule has 2 unspecified atom stereocenters.